The van der Waals surface area contributed by atoms with Gasteiger partial charge in [0.05, 0.1) is 28.2 Å². The highest BCUT2D eigenvalue weighted by Crippen LogP contribution is 2.63. The molecule has 6 atom stereocenters. The fourth-order valence-electron chi connectivity index (χ4n) is 6.30. The molecule has 2 aromatic rings. The third kappa shape index (κ3) is 2.75. The van der Waals surface area contributed by atoms with Crippen LogP contribution in [-0.2, 0) is 15.1 Å². The minimum atomic E-state index is -1.41. The maximum Gasteiger partial charge on any atom is 0.240 e. The van der Waals surface area contributed by atoms with Crippen molar-refractivity contribution >= 4 is 69.6 Å². The van der Waals surface area contributed by atoms with E-state index in [9.17, 15) is 19.1 Å². The van der Waals surface area contributed by atoms with E-state index in [4.69, 9.17) is 46.4 Å². The van der Waals surface area contributed by atoms with Gasteiger partial charge in [-0.25, -0.2) is 9.29 Å². The molecule has 33 heavy (non-hydrogen) atoms. The number of hydrogen-bond acceptors (Lipinski definition) is 5. The summed E-state index contributed by atoms with van der Waals surface area (Å²) in [6.07, 6.45) is -2.45. The van der Waals surface area contributed by atoms with E-state index in [1.54, 1.807) is 11.0 Å². The number of nitrogens with zero attached hydrogens (tertiary/aromatic N) is 2. The molecule has 2 aromatic carbocycles. The van der Waals surface area contributed by atoms with Crippen LogP contribution in [0.25, 0.3) is 0 Å². The molecule has 0 aliphatic carbocycles. The van der Waals surface area contributed by atoms with E-state index < -0.39 is 47.6 Å². The average Bonchev–Trinajstić information content (AvgIpc) is 3.37. The summed E-state index contributed by atoms with van der Waals surface area (Å²) in [5, 5.41) is 15.4. The number of anilines is 2. The lowest BCUT2D eigenvalue weighted by Crippen LogP contribution is -2.56. The molecule has 0 saturated carbocycles. The van der Waals surface area contributed by atoms with Crippen LogP contribution >= 0.6 is 46.4 Å². The first kappa shape index (κ1) is 21.9. The zero-order chi connectivity index (χ0) is 23.4. The summed E-state index contributed by atoms with van der Waals surface area (Å²) in [7, 11) is 0. The number of hydrogen-bond donors (Lipinski definition) is 2. The third-order valence-corrected chi connectivity index (χ3v) is 8.25. The predicted octanol–water partition coefficient (Wildman–Crippen LogP) is 4.47. The van der Waals surface area contributed by atoms with Crippen LogP contribution in [0.3, 0.4) is 0 Å². The Morgan fingerprint density at radius 1 is 1.00 bits per heavy atom. The zero-order valence-corrected chi connectivity index (χ0v) is 19.8. The lowest BCUT2D eigenvalue weighted by Gasteiger charge is -2.41. The molecule has 2 amide bonds. The standard InChI is InChI=1S/C22H16Cl4FN3O3/c23-8-1-9(24)3-12(2-8)30-19(31)16-15-6-11(27)7-29(15)22(17(16)20(30)32)13-4-10(25)5-14(26)18(13)28-21(22)33/h1-5,11,15-17,21,28,33H,6-7H2/t11-,15?,16?,17?,21?,22?/m0/s1. The molecule has 0 bridgehead atoms. The van der Waals surface area contributed by atoms with Crippen LogP contribution < -0.4 is 10.2 Å². The van der Waals surface area contributed by atoms with E-state index >= 15 is 0 Å². The number of benzene rings is 2. The molecule has 5 unspecified atom stereocenters. The first-order chi connectivity index (χ1) is 15.6. The van der Waals surface area contributed by atoms with E-state index in [1.807, 2.05) is 0 Å². The smallest absolute Gasteiger partial charge is 0.240 e. The predicted molar refractivity (Wildman–Crippen MR) is 124 cm³/mol. The molecule has 3 fully saturated rings. The summed E-state index contributed by atoms with van der Waals surface area (Å²) in [4.78, 5) is 30.4. The van der Waals surface area contributed by atoms with Crippen LogP contribution in [0.15, 0.2) is 30.3 Å². The summed E-state index contributed by atoms with van der Waals surface area (Å²) in [6, 6.07) is 7.01. The van der Waals surface area contributed by atoms with Crippen molar-refractivity contribution in [3.05, 3.63) is 56.0 Å². The highest BCUT2D eigenvalue weighted by Gasteiger charge is 2.75. The zero-order valence-electron chi connectivity index (χ0n) is 16.7. The molecule has 11 heteroatoms. The van der Waals surface area contributed by atoms with Crippen LogP contribution in [0.5, 0.6) is 0 Å². The maximum atomic E-state index is 14.7. The molecule has 1 spiro atoms. The molecule has 4 aliphatic rings. The van der Waals surface area contributed by atoms with E-state index in [2.05, 4.69) is 5.32 Å². The molecule has 2 N–H and O–H groups in total. The number of imide groups is 1. The van der Waals surface area contributed by atoms with Crippen molar-refractivity contribution in [2.75, 3.05) is 16.8 Å². The van der Waals surface area contributed by atoms with Crippen LogP contribution in [0.2, 0.25) is 20.1 Å². The second-order valence-electron chi connectivity index (χ2n) is 8.88. The molecule has 6 rings (SSSR count). The van der Waals surface area contributed by atoms with Gasteiger partial charge in [0.25, 0.3) is 0 Å². The maximum absolute atomic E-state index is 14.7. The topological polar surface area (TPSA) is 72.9 Å². The van der Waals surface area contributed by atoms with Gasteiger partial charge >= 0.3 is 0 Å². The summed E-state index contributed by atoms with van der Waals surface area (Å²) in [5.74, 6) is -2.84. The van der Waals surface area contributed by atoms with Gasteiger partial charge in [0.1, 0.15) is 17.9 Å². The van der Waals surface area contributed by atoms with Crippen molar-refractivity contribution < 1.29 is 19.1 Å². The van der Waals surface area contributed by atoms with Gasteiger partial charge in [0.15, 0.2) is 0 Å². The molecular formula is C22H16Cl4FN3O3. The van der Waals surface area contributed by atoms with Gasteiger partial charge < -0.3 is 10.4 Å². The molecule has 0 radical (unpaired) electrons. The minimum Gasteiger partial charge on any atom is -0.371 e. The number of aliphatic hydroxyl groups excluding tert-OH is 1. The number of alkyl halides is 1. The normalized spacial score (nSPS) is 34.7. The Balaban J connectivity index is 1.58. The molecular weight excluding hydrogens is 515 g/mol. The van der Waals surface area contributed by atoms with Gasteiger partial charge in [-0.1, -0.05) is 46.4 Å². The van der Waals surface area contributed by atoms with E-state index in [-0.39, 0.29) is 33.7 Å². The van der Waals surface area contributed by atoms with Gasteiger partial charge in [-0.15, -0.1) is 0 Å². The fourth-order valence-corrected chi connectivity index (χ4v) is 7.36. The van der Waals surface area contributed by atoms with Crippen molar-refractivity contribution in [2.24, 2.45) is 11.8 Å². The molecule has 172 valence electrons. The summed E-state index contributed by atoms with van der Waals surface area (Å²) in [6.45, 7) is -0.0243. The van der Waals surface area contributed by atoms with Crippen molar-refractivity contribution in [3.8, 4) is 0 Å². The lowest BCUT2D eigenvalue weighted by atomic mass is 9.75. The minimum absolute atomic E-state index is 0.0243. The monoisotopic (exact) mass is 529 g/mol. The number of fused-ring (bicyclic) bond motifs is 7. The Kier molecular flexibility index (Phi) is 4.78. The lowest BCUT2D eigenvalue weighted by molar-refractivity contribution is -0.127. The SMILES string of the molecule is O=C1C2C3C[C@H](F)CN3C3(c4cc(Cl)cc(Cl)c4NC3O)C2C(=O)N1c1cc(Cl)cc(Cl)c1. The largest absolute Gasteiger partial charge is 0.371 e. The van der Waals surface area contributed by atoms with Crippen molar-refractivity contribution in [2.45, 2.75) is 30.4 Å². The first-order valence-electron chi connectivity index (χ1n) is 10.3. The number of carbonyl (C=O) groups is 2. The van der Waals surface area contributed by atoms with E-state index in [0.717, 1.165) is 4.90 Å². The van der Waals surface area contributed by atoms with Crippen LogP contribution in [0.4, 0.5) is 15.8 Å². The van der Waals surface area contributed by atoms with Gasteiger partial charge in [-0.2, -0.15) is 0 Å². The van der Waals surface area contributed by atoms with Gasteiger partial charge in [0, 0.05) is 33.2 Å². The van der Waals surface area contributed by atoms with Gasteiger partial charge in [-0.3, -0.25) is 14.5 Å². The molecule has 3 saturated heterocycles. The summed E-state index contributed by atoms with van der Waals surface area (Å²) < 4.78 is 14.7. The van der Waals surface area contributed by atoms with Crippen LogP contribution in [0, 0.1) is 11.8 Å². The fraction of sp³-hybridized carbons (Fsp3) is 0.364. The van der Waals surface area contributed by atoms with Crippen LogP contribution in [0.1, 0.15) is 12.0 Å². The van der Waals surface area contributed by atoms with E-state index in [1.165, 1.54) is 24.3 Å². The Bertz CT molecular complexity index is 1230. The van der Waals surface area contributed by atoms with Crippen LogP contribution in [-0.4, -0.2) is 46.8 Å². The molecule has 0 aromatic heterocycles. The Labute approximate surface area is 208 Å². The van der Waals surface area contributed by atoms with Crippen molar-refractivity contribution in [3.63, 3.8) is 0 Å². The highest BCUT2D eigenvalue weighted by atomic mass is 35.5. The van der Waals surface area contributed by atoms with Crippen molar-refractivity contribution in [1.82, 2.24) is 4.90 Å². The number of nitrogens with one attached hydrogen (secondary N) is 1. The first-order valence-corrected chi connectivity index (χ1v) is 11.8. The number of rotatable bonds is 1. The number of aliphatic hydroxyl groups is 1. The van der Waals surface area contributed by atoms with E-state index in [0.29, 0.717) is 16.3 Å². The molecule has 6 nitrogen and oxygen atoms in total. The van der Waals surface area contributed by atoms with Gasteiger partial charge in [-0.05, 0) is 36.8 Å². The Morgan fingerprint density at radius 3 is 2.36 bits per heavy atom. The Morgan fingerprint density at radius 2 is 1.67 bits per heavy atom. The number of amides is 2. The third-order valence-electron chi connectivity index (χ3n) is 7.30. The quantitative estimate of drug-likeness (QED) is 0.532. The number of carbonyl (C=O) groups excluding carboxylic acids is 2. The summed E-state index contributed by atoms with van der Waals surface area (Å²) in [5.41, 5.74) is -0.284. The van der Waals surface area contributed by atoms with Crippen molar-refractivity contribution in [1.29, 1.82) is 0 Å². The van der Waals surface area contributed by atoms with Gasteiger partial charge in [0.2, 0.25) is 11.8 Å². The average molecular weight is 531 g/mol. The molecule has 4 heterocycles. The summed E-state index contributed by atoms with van der Waals surface area (Å²) >= 11 is 25.0. The Hall–Kier alpha value is -1.61. The second kappa shape index (κ2) is 7.20. The second-order valence-corrected chi connectivity index (χ2v) is 10.6. The number of halogens is 5. The molecule has 4 aliphatic heterocycles. The highest BCUT2D eigenvalue weighted by molar-refractivity contribution is 6.37.